The Hall–Kier alpha value is -3.67. The number of sulfonamides is 1. The number of rotatable bonds is 15. The van der Waals surface area contributed by atoms with E-state index in [9.17, 15) is 18.0 Å². The number of nitrogens with one attached hydrogen (secondary N) is 1. The fourth-order valence-electron chi connectivity index (χ4n) is 4.32. The van der Waals surface area contributed by atoms with E-state index >= 15 is 0 Å². The van der Waals surface area contributed by atoms with Crippen LogP contribution in [0.3, 0.4) is 0 Å². The summed E-state index contributed by atoms with van der Waals surface area (Å²) in [6.07, 6.45) is 0.703. The minimum Gasteiger partial charge on any atom is -0.494 e. The molecule has 0 aliphatic carbocycles. The van der Waals surface area contributed by atoms with Gasteiger partial charge in [0.25, 0.3) is 10.0 Å². The van der Waals surface area contributed by atoms with Crippen molar-refractivity contribution in [2.45, 2.75) is 44.7 Å². The van der Waals surface area contributed by atoms with Crippen LogP contribution < -0.4 is 23.8 Å². The van der Waals surface area contributed by atoms with Gasteiger partial charge in [-0.2, -0.15) is 0 Å². The van der Waals surface area contributed by atoms with Crippen LogP contribution >= 0.6 is 23.2 Å². The second-order valence-corrected chi connectivity index (χ2v) is 12.4. The number of carbonyl (C=O) groups is 2. The molecule has 3 aromatic rings. The first-order valence-corrected chi connectivity index (χ1v) is 16.1. The number of ether oxygens (including phenoxy) is 3. The van der Waals surface area contributed by atoms with Gasteiger partial charge < -0.3 is 24.4 Å². The lowest BCUT2D eigenvalue weighted by Crippen LogP contribution is -2.51. The van der Waals surface area contributed by atoms with Gasteiger partial charge in [-0.05, 0) is 74.4 Å². The number of amides is 2. The number of benzene rings is 3. The molecule has 10 nitrogen and oxygen atoms in total. The van der Waals surface area contributed by atoms with Gasteiger partial charge in [0.15, 0.2) is 11.5 Å². The van der Waals surface area contributed by atoms with Crippen molar-refractivity contribution in [3.8, 4) is 17.2 Å². The number of hydrogen-bond donors (Lipinski definition) is 1. The lowest BCUT2D eigenvalue weighted by Gasteiger charge is -2.32. The number of anilines is 1. The maximum Gasteiger partial charge on any atom is 0.264 e. The molecule has 0 radical (unpaired) electrons. The van der Waals surface area contributed by atoms with Crippen LogP contribution in [0.2, 0.25) is 10.0 Å². The molecule has 2 amide bonds. The number of hydrogen-bond acceptors (Lipinski definition) is 7. The molecule has 0 unspecified atom stereocenters. The summed E-state index contributed by atoms with van der Waals surface area (Å²) in [6, 6.07) is 14.5. The van der Waals surface area contributed by atoms with Gasteiger partial charge in [-0.3, -0.25) is 13.9 Å². The highest BCUT2D eigenvalue weighted by Gasteiger charge is 2.33. The molecule has 0 fully saturated rings. The molecule has 3 rings (SSSR count). The average Bonchev–Trinajstić information content (AvgIpc) is 3.02. The highest BCUT2D eigenvalue weighted by atomic mass is 35.5. The maximum atomic E-state index is 14.2. The Morgan fingerprint density at radius 2 is 1.59 bits per heavy atom. The van der Waals surface area contributed by atoms with Gasteiger partial charge in [-0.25, -0.2) is 8.42 Å². The van der Waals surface area contributed by atoms with E-state index in [-0.39, 0.29) is 33.8 Å². The summed E-state index contributed by atoms with van der Waals surface area (Å²) < 4.78 is 45.5. The Labute approximate surface area is 268 Å². The van der Waals surface area contributed by atoms with Crippen molar-refractivity contribution in [2.75, 3.05) is 38.2 Å². The third-order valence-corrected chi connectivity index (χ3v) is 9.22. The van der Waals surface area contributed by atoms with E-state index < -0.39 is 28.5 Å². The number of methoxy groups -OCH3 is 2. The molecule has 0 heterocycles. The lowest BCUT2D eigenvalue weighted by molar-refractivity contribution is -0.139. The molecule has 0 spiro atoms. The fourth-order valence-corrected chi connectivity index (χ4v) is 6.07. The van der Waals surface area contributed by atoms with Gasteiger partial charge in [0.2, 0.25) is 11.8 Å². The monoisotopic (exact) mass is 665 g/mol. The Morgan fingerprint density at radius 1 is 0.909 bits per heavy atom. The topological polar surface area (TPSA) is 114 Å². The molecule has 0 aliphatic heterocycles. The Balaban J connectivity index is 2.08. The van der Waals surface area contributed by atoms with Crippen molar-refractivity contribution in [1.29, 1.82) is 0 Å². The minimum absolute atomic E-state index is 0.0239. The molecular formula is C31H37Cl2N3O7S. The lowest BCUT2D eigenvalue weighted by atomic mass is 10.1. The summed E-state index contributed by atoms with van der Waals surface area (Å²) in [5, 5.41) is 3.43. The van der Waals surface area contributed by atoms with Crippen LogP contribution in [0.4, 0.5) is 5.69 Å². The van der Waals surface area contributed by atoms with Crippen LogP contribution in [-0.2, 0) is 26.2 Å². The molecule has 0 saturated heterocycles. The van der Waals surface area contributed by atoms with E-state index in [4.69, 9.17) is 37.4 Å². The zero-order chi connectivity index (χ0) is 32.4. The second kappa shape index (κ2) is 15.9. The number of carbonyl (C=O) groups excluding carboxylic acids is 2. The van der Waals surface area contributed by atoms with E-state index in [1.807, 2.05) is 13.8 Å². The fraction of sp³-hybridized carbons (Fsp3) is 0.355. The summed E-state index contributed by atoms with van der Waals surface area (Å²) in [6.45, 7) is 5.54. The van der Waals surface area contributed by atoms with Crippen molar-refractivity contribution < 1.29 is 32.2 Å². The van der Waals surface area contributed by atoms with Crippen molar-refractivity contribution in [1.82, 2.24) is 10.2 Å². The Kier molecular flexibility index (Phi) is 12.6. The first-order valence-electron chi connectivity index (χ1n) is 13.9. The normalized spacial score (nSPS) is 11.8. The summed E-state index contributed by atoms with van der Waals surface area (Å²) in [5.74, 6) is 0.0844. The van der Waals surface area contributed by atoms with Gasteiger partial charge in [0, 0.05) is 19.2 Å². The molecule has 1 N–H and O–H groups in total. The van der Waals surface area contributed by atoms with Crippen molar-refractivity contribution in [2.24, 2.45) is 0 Å². The van der Waals surface area contributed by atoms with Crippen molar-refractivity contribution in [3.05, 3.63) is 76.3 Å². The van der Waals surface area contributed by atoms with Crippen LogP contribution in [0, 0.1) is 0 Å². The van der Waals surface area contributed by atoms with Crippen LogP contribution in [0.1, 0.15) is 32.8 Å². The summed E-state index contributed by atoms with van der Waals surface area (Å²) in [4.78, 5) is 28.3. The SMILES string of the molecule is CCCNC(=O)[C@@H](C)N(Cc1ccc(Cl)c(Cl)c1)C(=O)CN(c1ccc(OCC)cc1)S(=O)(=O)c1ccc(OC)c(OC)c1. The van der Waals surface area contributed by atoms with E-state index in [0.717, 1.165) is 4.31 Å². The predicted octanol–water partition coefficient (Wildman–Crippen LogP) is 5.55. The molecule has 0 aromatic heterocycles. The van der Waals surface area contributed by atoms with Crippen molar-refractivity contribution >= 4 is 50.7 Å². The molecule has 0 bridgehead atoms. The third-order valence-electron chi connectivity index (χ3n) is 6.71. The standard InChI is InChI=1S/C31H37Cl2N3O7S/c1-6-16-34-31(38)21(3)35(19-22-8-14-26(32)27(33)17-22)30(37)20-36(23-9-11-24(12-10-23)43-7-2)44(39,40)25-13-15-28(41-4)29(18-25)42-5/h8-15,17-18,21H,6-7,16,19-20H2,1-5H3,(H,34,38)/t21-/m1/s1. The van der Waals surface area contributed by atoms with Gasteiger partial charge in [0.05, 0.1) is 41.5 Å². The van der Waals surface area contributed by atoms with Gasteiger partial charge in [-0.1, -0.05) is 36.2 Å². The molecule has 3 aromatic carbocycles. The molecule has 13 heteroatoms. The third kappa shape index (κ3) is 8.49. The predicted molar refractivity (Wildman–Crippen MR) is 171 cm³/mol. The second-order valence-electron chi connectivity index (χ2n) is 9.69. The molecule has 238 valence electrons. The number of halogens is 2. The highest BCUT2D eigenvalue weighted by molar-refractivity contribution is 7.92. The van der Waals surface area contributed by atoms with E-state index in [1.54, 1.807) is 49.4 Å². The van der Waals surface area contributed by atoms with Gasteiger partial charge >= 0.3 is 0 Å². The highest BCUT2D eigenvalue weighted by Crippen LogP contribution is 2.33. The summed E-state index contributed by atoms with van der Waals surface area (Å²) in [5.41, 5.74) is 0.826. The van der Waals surface area contributed by atoms with Gasteiger partial charge in [0.1, 0.15) is 18.3 Å². The minimum atomic E-state index is -4.34. The zero-order valence-corrected chi connectivity index (χ0v) is 27.6. The van der Waals surface area contributed by atoms with Crippen LogP contribution in [0.25, 0.3) is 0 Å². The largest absolute Gasteiger partial charge is 0.494 e. The zero-order valence-electron chi connectivity index (χ0n) is 25.3. The molecule has 1 atom stereocenters. The van der Waals surface area contributed by atoms with Crippen molar-refractivity contribution in [3.63, 3.8) is 0 Å². The van der Waals surface area contributed by atoms with E-state index in [1.165, 1.54) is 37.3 Å². The van der Waals surface area contributed by atoms with E-state index in [0.29, 0.717) is 41.7 Å². The average molecular weight is 667 g/mol. The van der Waals surface area contributed by atoms with E-state index in [2.05, 4.69) is 5.32 Å². The smallest absolute Gasteiger partial charge is 0.264 e. The quantitative estimate of drug-likeness (QED) is 0.226. The van der Waals surface area contributed by atoms with Crippen LogP contribution in [0.15, 0.2) is 65.6 Å². The number of nitrogens with zero attached hydrogens (tertiary/aromatic N) is 2. The Bertz CT molecular complexity index is 1550. The Morgan fingerprint density at radius 3 is 2.18 bits per heavy atom. The molecule has 0 saturated carbocycles. The van der Waals surface area contributed by atoms with Crippen LogP contribution in [-0.4, -0.2) is 65.1 Å². The van der Waals surface area contributed by atoms with Crippen LogP contribution in [0.5, 0.6) is 17.2 Å². The first kappa shape index (κ1) is 34.8. The van der Waals surface area contributed by atoms with Gasteiger partial charge in [-0.15, -0.1) is 0 Å². The maximum absolute atomic E-state index is 14.2. The summed E-state index contributed by atoms with van der Waals surface area (Å²) >= 11 is 12.3. The molecule has 0 aliphatic rings. The summed E-state index contributed by atoms with van der Waals surface area (Å²) in [7, 11) is -1.50. The molecular weight excluding hydrogens is 629 g/mol. The molecule has 44 heavy (non-hydrogen) atoms. The first-order chi connectivity index (χ1) is 21.0.